The van der Waals surface area contributed by atoms with Crippen LogP contribution >= 0.6 is 40.1 Å². The van der Waals surface area contributed by atoms with Gasteiger partial charge in [0.05, 0.1) is 23.2 Å². The number of pyridine rings is 2. The van der Waals surface area contributed by atoms with Crippen molar-refractivity contribution in [2.75, 3.05) is 14.2 Å². The first-order valence-electron chi connectivity index (χ1n) is 7.43. The van der Waals surface area contributed by atoms with Crippen LogP contribution in [0.5, 0.6) is 11.8 Å². The van der Waals surface area contributed by atoms with Gasteiger partial charge >= 0.3 is 8.25 Å². The number of methoxy groups -OCH3 is 2. The summed E-state index contributed by atoms with van der Waals surface area (Å²) in [6.07, 6.45) is 0. The average molecular weight is 531 g/mol. The summed E-state index contributed by atoms with van der Waals surface area (Å²) in [6, 6.07) is 7.03. The van der Waals surface area contributed by atoms with Crippen LogP contribution in [0.2, 0.25) is 0 Å². The largest absolute Gasteiger partial charge is 0.698 e. The molecule has 2 heterocycles. The lowest BCUT2D eigenvalue weighted by Gasteiger charge is -2.07. The molecule has 0 radical (unpaired) electrons. The Kier molecular flexibility index (Phi) is 8.24. The summed E-state index contributed by atoms with van der Waals surface area (Å²) in [6.45, 7) is -0.218. The second-order valence-corrected chi connectivity index (χ2v) is 7.64. The Morgan fingerprint density at radius 2 is 1.32 bits per heavy atom. The van der Waals surface area contributed by atoms with Crippen molar-refractivity contribution in [3.63, 3.8) is 0 Å². The van der Waals surface area contributed by atoms with E-state index in [1.54, 1.807) is 12.1 Å². The number of hydrogen-bond donors (Lipinski definition) is 0. The number of nitrogens with zero attached hydrogens (tertiary/aromatic N) is 4. The number of halogens is 2. The third-order valence-corrected chi connectivity index (χ3v) is 5.17. The zero-order valence-corrected chi connectivity index (χ0v) is 18.7. The van der Waals surface area contributed by atoms with Crippen molar-refractivity contribution in [1.29, 1.82) is 10.5 Å². The van der Waals surface area contributed by atoms with E-state index in [1.807, 2.05) is 12.1 Å². The van der Waals surface area contributed by atoms with Gasteiger partial charge in [-0.15, -0.1) is 9.05 Å². The van der Waals surface area contributed by atoms with Crippen LogP contribution in [-0.2, 0) is 26.8 Å². The molecule has 0 unspecified atom stereocenters. The predicted molar refractivity (Wildman–Crippen MR) is 104 cm³/mol. The molecule has 0 N–H and O–H groups in total. The highest BCUT2D eigenvalue weighted by atomic mass is 79.9. The molecule has 12 heteroatoms. The normalized spacial score (nSPS) is 10.1. The number of hydrogen-bond acceptors (Lipinski definition) is 9. The lowest BCUT2D eigenvalue weighted by molar-refractivity contribution is 0.208. The van der Waals surface area contributed by atoms with Crippen LogP contribution in [0.1, 0.15) is 22.5 Å². The monoisotopic (exact) mass is 529 g/mol. The molecule has 0 aliphatic carbocycles. The van der Waals surface area contributed by atoms with E-state index in [1.165, 1.54) is 14.2 Å². The minimum atomic E-state index is -2.48. The van der Waals surface area contributed by atoms with Crippen molar-refractivity contribution in [3.05, 3.63) is 43.6 Å². The van der Waals surface area contributed by atoms with Crippen LogP contribution in [0.15, 0.2) is 21.1 Å². The van der Waals surface area contributed by atoms with Crippen LogP contribution in [0.4, 0.5) is 0 Å². The molecule has 28 heavy (non-hydrogen) atoms. The summed E-state index contributed by atoms with van der Waals surface area (Å²) in [5.74, 6) is 0.370. The molecule has 2 rings (SSSR count). The second kappa shape index (κ2) is 10.4. The number of nitriles is 2. The van der Waals surface area contributed by atoms with E-state index in [9.17, 15) is 4.57 Å². The predicted octanol–water partition coefficient (Wildman–Crippen LogP) is 4.15. The van der Waals surface area contributed by atoms with Gasteiger partial charge in [-0.2, -0.15) is 10.5 Å². The van der Waals surface area contributed by atoms with Crippen LogP contribution < -0.4 is 9.47 Å². The quantitative estimate of drug-likeness (QED) is 0.462. The fraction of sp³-hybridized carbons (Fsp3) is 0.250. The van der Waals surface area contributed by atoms with Gasteiger partial charge in [-0.1, -0.05) is 0 Å². The maximum absolute atomic E-state index is 12.1. The highest BCUT2D eigenvalue weighted by molar-refractivity contribution is 9.10. The van der Waals surface area contributed by atoms with E-state index >= 15 is 0 Å². The smallest absolute Gasteiger partial charge is 0.481 e. The maximum Gasteiger partial charge on any atom is 0.698 e. The Bertz CT molecular complexity index is 913. The van der Waals surface area contributed by atoms with Crippen molar-refractivity contribution < 1.29 is 23.1 Å². The zero-order chi connectivity index (χ0) is 20.7. The number of aromatic nitrogens is 2. The second-order valence-electron chi connectivity index (χ2n) is 4.97. The van der Waals surface area contributed by atoms with Gasteiger partial charge in [0, 0.05) is 15.7 Å². The molecule has 0 aliphatic rings. The van der Waals surface area contributed by atoms with Crippen LogP contribution in [0, 0.1) is 22.7 Å². The van der Waals surface area contributed by atoms with Crippen LogP contribution in [0.25, 0.3) is 0 Å². The third-order valence-electron chi connectivity index (χ3n) is 3.28. The molecule has 9 nitrogen and oxygen atoms in total. The molecule has 0 bridgehead atoms. The lowest BCUT2D eigenvalue weighted by Crippen LogP contribution is -2.00. The van der Waals surface area contributed by atoms with Crippen molar-refractivity contribution in [3.8, 4) is 23.9 Å². The SMILES string of the molecule is COc1nc(C#N)c(Br)cc1CO[P+](=O)OCc1cc(Br)c(C#N)nc1OC. The first-order chi connectivity index (χ1) is 13.4. The minimum Gasteiger partial charge on any atom is -0.481 e. The van der Waals surface area contributed by atoms with E-state index in [-0.39, 0.29) is 36.4 Å². The molecule has 2 aromatic heterocycles. The average Bonchev–Trinajstić information content (AvgIpc) is 2.70. The fourth-order valence-electron chi connectivity index (χ4n) is 2.02. The maximum atomic E-state index is 12.1. The van der Waals surface area contributed by atoms with E-state index in [0.717, 1.165) is 0 Å². The molecule has 0 saturated carbocycles. The summed E-state index contributed by atoms with van der Waals surface area (Å²) < 4.78 is 33.6. The minimum absolute atomic E-state index is 0.109. The Labute approximate surface area is 178 Å². The standard InChI is InChI=1S/C16H12Br2N4O5P/c1-24-15-9(3-11(17)13(5-19)21-15)7-26-28(23)27-8-10-4-12(18)14(6-20)22-16(10)25-2/h3-4H,7-8H2,1-2H3/q+1. The molecule has 0 amide bonds. The van der Waals surface area contributed by atoms with Gasteiger partial charge in [0.15, 0.2) is 11.4 Å². The first-order valence-corrected chi connectivity index (χ1v) is 10.1. The van der Waals surface area contributed by atoms with E-state index in [0.29, 0.717) is 20.1 Å². The van der Waals surface area contributed by atoms with Gasteiger partial charge in [0.2, 0.25) is 11.8 Å². The molecule has 0 fully saturated rings. The summed E-state index contributed by atoms with van der Waals surface area (Å²) in [4.78, 5) is 8.05. The van der Waals surface area contributed by atoms with E-state index in [4.69, 9.17) is 29.0 Å². The van der Waals surface area contributed by atoms with Gasteiger partial charge in [-0.25, -0.2) is 9.97 Å². The van der Waals surface area contributed by atoms with Gasteiger partial charge < -0.3 is 9.47 Å². The van der Waals surface area contributed by atoms with Crippen molar-refractivity contribution in [2.45, 2.75) is 13.2 Å². The molecule has 0 saturated heterocycles. The Morgan fingerprint density at radius 1 is 0.929 bits per heavy atom. The molecule has 0 aliphatic heterocycles. The summed E-state index contributed by atoms with van der Waals surface area (Å²) in [5, 5.41) is 18.0. The topological polar surface area (TPSA) is 127 Å². The summed E-state index contributed by atoms with van der Waals surface area (Å²) >= 11 is 6.45. The van der Waals surface area contributed by atoms with Crippen molar-refractivity contribution in [2.24, 2.45) is 0 Å². The Morgan fingerprint density at radius 3 is 1.64 bits per heavy atom. The molecule has 2 aromatic rings. The molecule has 0 aromatic carbocycles. The Hall–Kier alpha value is -2.14. The highest BCUT2D eigenvalue weighted by Gasteiger charge is 2.24. The Balaban J connectivity index is 2.03. The third kappa shape index (κ3) is 5.44. The first kappa shape index (κ1) is 22.2. The lowest BCUT2D eigenvalue weighted by atomic mass is 10.2. The fourth-order valence-corrected chi connectivity index (χ4v) is 3.49. The van der Waals surface area contributed by atoms with Crippen LogP contribution in [0.3, 0.4) is 0 Å². The molecule has 0 atom stereocenters. The zero-order valence-electron chi connectivity index (χ0n) is 14.6. The van der Waals surface area contributed by atoms with Gasteiger partial charge in [-0.3, -0.25) is 0 Å². The summed E-state index contributed by atoms with van der Waals surface area (Å²) in [7, 11) is 0.323. The van der Waals surface area contributed by atoms with E-state index in [2.05, 4.69) is 41.8 Å². The van der Waals surface area contributed by atoms with Crippen LogP contribution in [-0.4, -0.2) is 24.2 Å². The molecule has 144 valence electrons. The number of ether oxygens (including phenoxy) is 2. The van der Waals surface area contributed by atoms with Crippen molar-refractivity contribution in [1.82, 2.24) is 9.97 Å². The molecular formula is C16H12Br2N4O5P+. The highest BCUT2D eigenvalue weighted by Crippen LogP contribution is 2.33. The number of rotatable bonds is 8. The van der Waals surface area contributed by atoms with E-state index < -0.39 is 8.25 Å². The summed E-state index contributed by atoms with van der Waals surface area (Å²) in [5.41, 5.74) is 1.29. The van der Waals surface area contributed by atoms with Crippen molar-refractivity contribution >= 4 is 40.1 Å². The molecule has 0 spiro atoms. The van der Waals surface area contributed by atoms with Gasteiger partial charge in [-0.05, 0) is 44.0 Å². The van der Waals surface area contributed by atoms with Gasteiger partial charge in [0.25, 0.3) is 0 Å². The van der Waals surface area contributed by atoms with Gasteiger partial charge in [0.1, 0.15) is 25.4 Å². The molecular weight excluding hydrogens is 519 g/mol.